The molecule has 2 aromatic heterocycles. The van der Waals surface area contributed by atoms with Crippen molar-refractivity contribution in [2.45, 2.75) is 39.0 Å². The molecule has 0 saturated heterocycles. The summed E-state index contributed by atoms with van der Waals surface area (Å²) >= 11 is -0.406. The Morgan fingerprint density at radius 2 is 1.87 bits per heavy atom. The van der Waals surface area contributed by atoms with Crippen LogP contribution in [0.5, 0.6) is 11.6 Å². The Kier molecular flexibility index (Phi) is 7.97. The number of methoxy groups -OCH3 is 1. The third-order valence-corrected chi connectivity index (χ3v) is 8.33. The van der Waals surface area contributed by atoms with E-state index in [9.17, 15) is 13.6 Å². The summed E-state index contributed by atoms with van der Waals surface area (Å²) in [7, 11) is 1.50. The van der Waals surface area contributed by atoms with Crippen molar-refractivity contribution in [1.29, 1.82) is 0 Å². The lowest BCUT2D eigenvalue weighted by atomic mass is 10.0. The maximum Gasteiger partial charge on any atom is 0.355 e. The number of carbonyl (C=O) groups is 1. The maximum atomic E-state index is 14.8. The van der Waals surface area contributed by atoms with Crippen LogP contribution in [-0.2, 0) is 22.5 Å². The maximum absolute atomic E-state index is 14.8. The Labute approximate surface area is 224 Å². The highest BCUT2D eigenvalue weighted by Gasteiger charge is 2.34. The molecule has 0 N–H and O–H groups in total. The van der Waals surface area contributed by atoms with E-state index in [0.717, 1.165) is 6.07 Å². The standard InChI is InChI=1S/C29H31F2N2O4S/c1-7-36-28(34)26-25(21-9-8-14-32-27(21)35-5)22-16-20(37-38(6)29(2,3)4)12-13-24(22)33(26)17-18-10-11-19(30)15-23(18)31/h8-16H,7,17H2,1-6H3/q+1. The molecule has 0 spiro atoms. The summed E-state index contributed by atoms with van der Waals surface area (Å²) < 4.78 is 47.3. The lowest BCUT2D eigenvalue weighted by molar-refractivity contribution is 0.0516. The first kappa shape index (κ1) is 27.4. The van der Waals surface area contributed by atoms with E-state index in [2.05, 4.69) is 25.8 Å². The smallest absolute Gasteiger partial charge is 0.355 e. The number of benzene rings is 2. The van der Waals surface area contributed by atoms with E-state index < -0.39 is 28.8 Å². The van der Waals surface area contributed by atoms with Gasteiger partial charge in [-0.1, -0.05) is 6.07 Å². The third-order valence-electron chi connectivity index (χ3n) is 6.16. The molecule has 0 bridgehead atoms. The number of ether oxygens (including phenoxy) is 2. The molecule has 2 aromatic carbocycles. The number of fused-ring (bicyclic) bond motifs is 1. The van der Waals surface area contributed by atoms with Gasteiger partial charge in [-0.15, -0.1) is 0 Å². The summed E-state index contributed by atoms with van der Waals surface area (Å²) in [6, 6.07) is 12.5. The molecule has 38 heavy (non-hydrogen) atoms. The molecule has 0 amide bonds. The van der Waals surface area contributed by atoms with Gasteiger partial charge < -0.3 is 14.0 Å². The quantitative estimate of drug-likeness (QED) is 0.187. The molecule has 4 aromatic rings. The molecule has 0 aliphatic heterocycles. The number of rotatable bonds is 8. The molecule has 2 heterocycles. The van der Waals surface area contributed by atoms with Crippen molar-refractivity contribution >= 4 is 28.0 Å². The van der Waals surface area contributed by atoms with Gasteiger partial charge in [-0.25, -0.2) is 18.6 Å². The second-order valence-electron chi connectivity index (χ2n) is 9.65. The minimum Gasteiger partial charge on any atom is -0.481 e. The predicted molar refractivity (Wildman–Crippen MR) is 147 cm³/mol. The number of nitrogens with zero attached hydrogens (tertiary/aromatic N) is 2. The molecule has 0 radical (unpaired) electrons. The minimum absolute atomic E-state index is 0.0281. The number of pyridine rings is 1. The molecule has 0 aliphatic rings. The summed E-state index contributed by atoms with van der Waals surface area (Å²) in [5.41, 5.74) is 2.19. The Hall–Kier alpha value is -3.59. The van der Waals surface area contributed by atoms with Crippen LogP contribution in [-0.4, -0.2) is 40.2 Å². The van der Waals surface area contributed by atoms with Crippen molar-refractivity contribution in [3.8, 4) is 22.8 Å². The molecule has 200 valence electrons. The summed E-state index contributed by atoms with van der Waals surface area (Å²) in [5, 5.41) is 0.685. The number of hydrogen-bond acceptors (Lipinski definition) is 5. The zero-order valence-corrected chi connectivity index (χ0v) is 23.1. The summed E-state index contributed by atoms with van der Waals surface area (Å²) in [5.74, 6) is -1.02. The highest BCUT2D eigenvalue weighted by Crippen LogP contribution is 2.41. The van der Waals surface area contributed by atoms with Gasteiger partial charge in [-0.3, -0.25) is 4.18 Å². The molecule has 6 nitrogen and oxygen atoms in total. The fourth-order valence-electron chi connectivity index (χ4n) is 4.07. The van der Waals surface area contributed by atoms with Gasteiger partial charge in [-0.05, 0) is 64.1 Å². The molecule has 0 fully saturated rings. The van der Waals surface area contributed by atoms with E-state index in [0.29, 0.717) is 33.7 Å². The normalized spacial score (nSPS) is 12.4. The molecular formula is C29H31F2N2O4S+. The predicted octanol–water partition coefficient (Wildman–Crippen LogP) is 6.56. The van der Waals surface area contributed by atoms with Crippen LogP contribution in [0.4, 0.5) is 8.78 Å². The lowest BCUT2D eigenvalue weighted by Crippen LogP contribution is -2.31. The first-order valence-corrected chi connectivity index (χ1v) is 13.7. The summed E-state index contributed by atoms with van der Waals surface area (Å²) in [6.45, 7) is 8.15. The second-order valence-corrected chi connectivity index (χ2v) is 12.0. The fourth-order valence-corrected chi connectivity index (χ4v) is 4.71. The van der Waals surface area contributed by atoms with Crippen LogP contribution >= 0.6 is 0 Å². The highest BCUT2D eigenvalue weighted by molar-refractivity contribution is 7.93. The minimum atomic E-state index is -0.706. The first-order valence-electron chi connectivity index (χ1n) is 12.2. The third kappa shape index (κ3) is 5.48. The summed E-state index contributed by atoms with van der Waals surface area (Å²) in [6.07, 6.45) is 3.63. The lowest BCUT2D eigenvalue weighted by Gasteiger charge is -2.16. The molecule has 1 atom stereocenters. The van der Waals surface area contributed by atoms with Crippen LogP contribution in [0.2, 0.25) is 0 Å². The van der Waals surface area contributed by atoms with Crippen molar-refractivity contribution < 1.29 is 27.2 Å². The Morgan fingerprint density at radius 1 is 1.11 bits per heavy atom. The Balaban J connectivity index is 2.03. The molecule has 1 unspecified atom stereocenters. The van der Waals surface area contributed by atoms with Crippen LogP contribution in [0.1, 0.15) is 43.7 Å². The second kappa shape index (κ2) is 11.0. The van der Waals surface area contributed by atoms with Crippen molar-refractivity contribution in [3.63, 3.8) is 0 Å². The van der Waals surface area contributed by atoms with Crippen LogP contribution in [0.3, 0.4) is 0 Å². The van der Waals surface area contributed by atoms with Gasteiger partial charge in [0.25, 0.3) is 0 Å². The van der Waals surface area contributed by atoms with Gasteiger partial charge >= 0.3 is 5.97 Å². The van der Waals surface area contributed by atoms with Gasteiger partial charge in [-0.2, -0.15) is 0 Å². The molecule has 4 rings (SSSR count). The van der Waals surface area contributed by atoms with Gasteiger partial charge in [0, 0.05) is 39.9 Å². The zero-order valence-electron chi connectivity index (χ0n) is 22.3. The van der Waals surface area contributed by atoms with E-state index in [4.69, 9.17) is 13.7 Å². The molecule has 9 heteroatoms. The van der Waals surface area contributed by atoms with Crippen molar-refractivity contribution in [1.82, 2.24) is 9.55 Å². The van der Waals surface area contributed by atoms with E-state index in [1.165, 1.54) is 19.2 Å². The topological polar surface area (TPSA) is 62.6 Å². The van der Waals surface area contributed by atoms with Gasteiger partial charge in [0.05, 0.1) is 20.3 Å². The number of aromatic nitrogens is 2. The van der Waals surface area contributed by atoms with Crippen LogP contribution in [0, 0.1) is 11.6 Å². The van der Waals surface area contributed by atoms with E-state index in [1.807, 2.05) is 24.5 Å². The number of halogens is 2. The van der Waals surface area contributed by atoms with Gasteiger partial charge in [0.1, 0.15) is 23.6 Å². The van der Waals surface area contributed by atoms with Crippen molar-refractivity contribution in [2.24, 2.45) is 0 Å². The number of esters is 1. The zero-order chi connectivity index (χ0) is 27.6. The number of carbonyl (C=O) groups excluding carboxylic acids is 1. The van der Waals surface area contributed by atoms with E-state index >= 15 is 0 Å². The Morgan fingerprint density at radius 3 is 2.53 bits per heavy atom. The van der Waals surface area contributed by atoms with Gasteiger partial charge in [0.2, 0.25) is 5.88 Å². The summed E-state index contributed by atoms with van der Waals surface area (Å²) in [4.78, 5) is 17.8. The fraction of sp³-hybridized carbons (Fsp3) is 0.310. The van der Waals surface area contributed by atoms with E-state index in [1.54, 1.807) is 29.8 Å². The van der Waals surface area contributed by atoms with Crippen molar-refractivity contribution in [3.05, 3.63) is 77.6 Å². The SMILES string of the molecule is CCOC(=O)c1c(-c2cccnc2OC)c2cc(O[S+](C)C(C)(C)C)ccc2n1Cc1ccc(F)cc1F. The number of hydrogen-bond donors (Lipinski definition) is 0. The van der Waals surface area contributed by atoms with Crippen LogP contribution in [0.25, 0.3) is 22.0 Å². The van der Waals surface area contributed by atoms with E-state index in [-0.39, 0.29) is 29.2 Å². The van der Waals surface area contributed by atoms with Gasteiger partial charge in [0.15, 0.2) is 21.7 Å². The largest absolute Gasteiger partial charge is 0.481 e. The van der Waals surface area contributed by atoms with Crippen LogP contribution in [0.15, 0.2) is 54.7 Å². The van der Waals surface area contributed by atoms with Crippen molar-refractivity contribution in [2.75, 3.05) is 20.0 Å². The molecular weight excluding hydrogens is 510 g/mol. The Bertz CT molecular complexity index is 1480. The average Bonchev–Trinajstić information content (AvgIpc) is 3.18. The molecule has 0 aliphatic carbocycles. The monoisotopic (exact) mass is 541 g/mol. The first-order chi connectivity index (χ1) is 18.0. The highest BCUT2D eigenvalue weighted by atomic mass is 32.2. The molecule has 0 saturated carbocycles. The average molecular weight is 542 g/mol. The van der Waals surface area contributed by atoms with Crippen LogP contribution < -0.4 is 8.92 Å².